The molecule has 1 aromatic carbocycles. The Kier molecular flexibility index (Phi) is 8.58. The van der Waals surface area contributed by atoms with Crippen LogP contribution in [0.4, 0.5) is 4.79 Å². The minimum Gasteiger partial charge on any atom is -0.467 e. The van der Waals surface area contributed by atoms with Crippen LogP contribution in [0.1, 0.15) is 26.3 Å². The van der Waals surface area contributed by atoms with E-state index >= 15 is 0 Å². The largest absolute Gasteiger partial charge is 0.467 e. The Hall–Kier alpha value is -2.91. The van der Waals surface area contributed by atoms with Gasteiger partial charge in [0.25, 0.3) is 0 Å². The first-order chi connectivity index (χ1) is 14.7. The number of benzene rings is 1. The molecule has 31 heavy (non-hydrogen) atoms. The molecule has 9 nitrogen and oxygen atoms in total. The Morgan fingerprint density at radius 1 is 1.10 bits per heavy atom. The van der Waals surface area contributed by atoms with E-state index in [1.54, 1.807) is 33.0 Å². The number of nitrogens with one attached hydrogen (secondary N) is 1. The standard InChI is InChI=1S/C22H30N2O7/c1-22(2,3)31-21(27)24-13-15(16-8-6-7-9-18(16)24)12-17(20(26)29-5)23-19(25)14-30-11-10-28-4/h6-9,13,17H,10-12,14H2,1-5H3,(H,23,25)/t17-/m0/s1. The molecule has 0 aliphatic heterocycles. The lowest BCUT2D eigenvalue weighted by atomic mass is 10.0. The first-order valence-electron chi connectivity index (χ1n) is 9.92. The number of hydrogen-bond donors (Lipinski definition) is 1. The minimum absolute atomic E-state index is 0.132. The molecule has 0 spiro atoms. The van der Waals surface area contributed by atoms with Gasteiger partial charge in [0.05, 0.1) is 25.8 Å². The van der Waals surface area contributed by atoms with E-state index in [4.69, 9.17) is 18.9 Å². The summed E-state index contributed by atoms with van der Waals surface area (Å²) in [5.74, 6) is -1.05. The molecule has 0 bridgehead atoms. The molecule has 1 atom stereocenters. The van der Waals surface area contributed by atoms with E-state index in [9.17, 15) is 14.4 Å². The van der Waals surface area contributed by atoms with Crippen LogP contribution >= 0.6 is 0 Å². The van der Waals surface area contributed by atoms with Crippen molar-refractivity contribution in [3.63, 3.8) is 0 Å². The third-order valence-corrected chi connectivity index (χ3v) is 4.29. The lowest BCUT2D eigenvalue weighted by molar-refractivity contribution is -0.145. The molecular weight excluding hydrogens is 404 g/mol. The number of aromatic nitrogens is 1. The predicted molar refractivity (Wildman–Crippen MR) is 114 cm³/mol. The number of carbonyl (C=O) groups excluding carboxylic acids is 3. The molecule has 1 aromatic heterocycles. The van der Waals surface area contributed by atoms with Crippen LogP contribution in [-0.2, 0) is 35.0 Å². The van der Waals surface area contributed by atoms with Crippen molar-refractivity contribution in [2.45, 2.75) is 38.8 Å². The van der Waals surface area contributed by atoms with Crippen molar-refractivity contribution in [1.82, 2.24) is 9.88 Å². The number of nitrogens with zero attached hydrogens (tertiary/aromatic N) is 1. The van der Waals surface area contributed by atoms with E-state index in [0.717, 1.165) is 5.39 Å². The van der Waals surface area contributed by atoms with Crippen molar-refractivity contribution in [3.8, 4) is 0 Å². The lowest BCUT2D eigenvalue weighted by Crippen LogP contribution is -2.44. The van der Waals surface area contributed by atoms with Crippen molar-refractivity contribution in [3.05, 3.63) is 36.0 Å². The lowest BCUT2D eigenvalue weighted by Gasteiger charge is -2.19. The van der Waals surface area contributed by atoms with E-state index in [1.165, 1.54) is 18.8 Å². The highest BCUT2D eigenvalue weighted by atomic mass is 16.6. The summed E-state index contributed by atoms with van der Waals surface area (Å²) >= 11 is 0. The summed E-state index contributed by atoms with van der Waals surface area (Å²) in [6, 6.07) is 6.33. The van der Waals surface area contributed by atoms with Crippen LogP contribution in [0.25, 0.3) is 10.9 Å². The van der Waals surface area contributed by atoms with Crippen LogP contribution in [0.15, 0.2) is 30.5 Å². The summed E-state index contributed by atoms with van der Waals surface area (Å²) in [5, 5.41) is 3.40. The van der Waals surface area contributed by atoms with Crippen molar-refractivity contribution < 1.29 is 33.3 Å². The monoisotopic (exact) mass is 434 g/mol. The number of rotatable bonds is 9. The number of methoxy groups -OCH3 is 2. The third kappa shape index (κ3) is 7.08. The van der Waals surface area contributed by atoms with Gasteiger partial charge in [-0.15, -0.1) is 0 Å². The first-order valence-corrected chi connectivity index (χ1v) is 9.92. The van der Waals surface area contributed by atoms with Crippen molar-refractivity contribution in [2.24, 2.45) is 0 Å². The van der Waals surface area contributed by atoms with Crippen LogP contribution in [0.3, 0.4) is 0 Å². The molecule has 0 fully saturated rings. The van der Waals surface area contributed by atoms with E-state index < -0.39 is 29.6 Å². The van der Waals surface area contributed by atoms with Crippen molar-refractivity contribution in [2.75, 3.05) is 34.0 Å². The molecule has 0 unspecified atom stereocenters. The smallest absolute Gasteiger partial charge is 0.419 e. The maximum atomic E-state index is 12.7. The van der Waals surface area contributed by atoms with Gasteiger partial charge in [0, 0.05) is 25.1 Å². The topological polar surface area (TPSA) is 105 Å². The van der Waals surface area contributed by atoms with E-state index in [1.807, 2.05) is 18.2 Å². The quantitative estimate of drug-likeness (QED) is 0.477. The van der Waals surface area contributed by atoms with E-state index in [-0.39, 0.29) is 19.6 Å². The number of carbonyl (C=O) groups is 3. The van der Waals surface area contributed by atoms with Gasteiger partial charge in [-0.3, -0.25) is 9.36 Å². The van der Waals surface area contributed by atoms with Crippen LogP contribution in [0.2, 0.25) is 0 Å². The van der Waals surface area contributed by atoms with Gasteiger partial charge in [0.2, 0.25) is 5.91 Å². The Morgan fingerprint density at radius 2 is 1.81 bits per heavy atom. The molecule has 170 valence electrons. The predicted octanol–water partition coefficient (Wildman–Crippen LogP) is 2.29. The maximum absolute atomic E-state index is 12.7. The van der Waals surface area contributed by atoms with E-state index in [0.29, 0.717) is 17.7 Å². The normalized spacial score (nSPS) is 12.4. The number of fused-ring (bicyclic) bond motifs is 1. The molecule has 1 amide bonds. The summed E-state index contributed by atoms with van der Waals surface area (Å²) < 4.78 is 21.8. The van der Waals surface area contributed by atoms with Crippen LogP contribution in [0.5, 0.6) is 0 Å². The number of esters is 1. The van der Waals surface area contributed by atoms with Crippen molar-refractivity contribution in [1.29, 1.82) is 0 Å². The summed E-state index contributed by atoms with van der Waals surface area (Å²) in [6.45, 7) is 5.77. The summed E-state index contributed by atoms with van der Waals surface area (Å²) in [4.78, 5) is 37.2. The molecule has 9 heteroatoms. The van der Waals surface area contributed by atoms with Crippen LogP contribution in [0, 0.1) is 0 Å². The van der Waals surface area contributed by atoms with Gasteiger partial charge in [0.1, 0.15) is 18.2 Å². The second kappa shape index (κ2) is 10.9. The van der Waals surface area contributed by atoms with Gasteiger partial charge in [-0.25, -0.2) is 9.59 Å². The molecule has 0 saturated heterocycles. The van der Waals surface area contributed by atoms with Gasteiger partial charge in [-0.05, 0) is 32.4 Å². The molecule has 2 aromatic rings. The highest BCUT2D eigenvalue weighted by Gasteiger charge is 2.26. The molecule has 2 rings (SSSR count). The average Bonchev–Trinajstić information content (AvgIpc) is 3.08. The van der Waals surface area contributed by atoms with Gasteiger partial charge >= 0.3 is 12.1 Å². The third-order valence-electron chi connectivity index (χ3n) is 4.29. The van der Waals surface area contributed by atoms with Gasteiger partial charge in [0.15, 0.2) is 0 Å². The first kappa shape index (κ1) is 24.4. The highest BCUT2D eigenvalue weighted by molar-refractivity contribution is 5.93. The van der Waals surface area contributed by atoms with Gasteiger partial charge in [-0.2, -0.15) is 0 Å². The molecule has 0 aliphatic carbocycles. The zero-order valence-corrected chi connectivity index (χ0v) is 18.6. The second-order valence-corrected chi connectivity index (χ2v) is 7.91. The van der Waals surface area contributed by atoms with Crippen LogP contribution in [-0.4, -0.2) is 68.2 Å². The van der Waals surface area contributed by atoms with Gasteiger partial charge < -0.3 is 24.3 Å². The maximum Gasteiger partial charge on any atom is 0.419 e. The highest BCUT2D eigenvalue weighted by Crippen LogP contribution is 2.24. The summed E-state index contributed by atoms with van der Waals surface area (Å²) in [5.41, 5.74) is 0.676. The fourth-order valence-electron chi connectivity index (χ4n) is 2.97. The van der Waals surface area contributed by atoms with Crippen LogP contribution < -0.4 is 5.32 Å². The SMILES string of the molecule is COCCOCC(=O)N[C@@H](Cc1cn(C(=O)OC(C)(C)C)c2ccccc12)C(=O)OC. The Morgan fingerprint density at radius 3 is 2.45 bits per heavy atom. The second-order valence-electron chi connectivity index (χ2n) is 7.91. The zero-order valence-electron chi connectivity index (χ0n) is 18.6. The molecule has 0 saturated carbocycles. The Bertz CT molecular complexity index is 914. The fraction of sp³-hybridized carbons (Fsp3) is 0.500. The number of para-hydroxylation sites is 1. The summed E-state index contributed by atoms with van der Waals surface area (Å²) in [6.07, 6.45) is 1.23. The molecular formula is C22H30N2O7. The average molecular weight is 434 g/mol. The molecule has 0 radical (unpaired) electrons. The summed E-state index contributed by atoms with van der Waals surface area (Å²) in [7, 11) is 2.78. The number of hydrogen-bond acceptors (Lipinski definition) is 7. The fourth-order valence-corrected chi connectivity index (χ4v) is 2.97. The zero-order chi connectivity index (χ0) is 23.0. The Balaban J connectivity index is 2.24. The molecule has 1 N–H and O–H groups in total. The Labute approximate surface area is 181 Å². The van der Waals surface area contributed by atoms with E-state index in [2.05, 4.69) is 5.32 Å². The number of ether oxygens (including phenoxy) is 4. The minimum atomic E-state index is -0.943. The van der Waals surface area contributed by atoms with Crippen molar-refractivity contribution >= 4 is 28.9 Å². The van der Waals surface area contributed by atoms with Gasteiger partial charge in [-0.1, -0.05) is 18.2 Å². The molecule has 1 heterocycles. The number of amides is 1. The molecule has 0 aliphatic rings.